The second kappa shape index (κ2) is 7.16. The number of sulfonamides is 1. The molecular formula is C18H15F3N2O3S. The number of aromatic nitrogens is 1. The van der Waals surface area contributed by atoms with Crippen molar-refractivity contribution >= 4 is 20.9 Å². The number of nitrogens with one attached hydrogen (secondary N) is 2. The van der Waals surface area contributed by atoms with Gasteiger partial charge in [-0.25, -0.2) is 13.1 Å². The van der Waals surface area contributed by atoms with Crippen LogP contribution in [0.15, 0.2) is 64.3 Å². The van der Waals surface area contributed by atoms with Gasteiger partial charge in [-0.15, -0.1) is 0 Å². The maximum atomic E-state index is 13.2. The molecule has 1 heterocycles. The monoisotopic (exact) mass is 396 g/mol. The van der Waals surface area contributed by atoms with Crippen LogP contribution < -0.4 is 10.3 Å². The molecule has 0 fully saturated rings. The predicted molar refractivity (Wildman–Crippen MR) is 94.9 cm³/mol. The van der Waals surface area contributed by atoms with Gasteiger partial charge >= 0.3 is 6.18 Å². The second-order valence-corrected chi connectivity index (χ2v) is 7.65. The van der Waals surface area contributed by atoms with Gasteiger partial charge < -0.3 is 4.98 Å². The number of fused-ring (bicyclic) bond motifs is 1. The van der Waals surface area contributed by atoms with Crippen molar-refractivity contribution in [2.24, 2.45) is 0 Å². The van der Waals surface area contributed by atoms with Crippen LogP contribution in [-0.2, 0) is 22.6 Å². The molecule has 27 heavy (non-hydrogen) atoms. The summed E-state index contributed by atoms with van der Waals surface area (Å²) in [4.78, 5) is 13.4. The Kier molecular flexibility index (Phi) is 5.07. The number of hydrogen-bond acceptors (Lipinski definition) is 3. The molecule has 0 aliphatic heterocycles. The molecule has 1 aromatic heterocycles. The van der Waals surface area contributed by atoms with Crippen molar-refractivity contribution in [2.45, 2.75) is 17.5 Å². The minimum absolute atomic E-state index is 0.0851. The summed E-state index contributed by atoms with van der Waals surface area (Å²) in [6.07, 6.45) is -4.34. The Bertz CT molecular complexity index is 1120. The third-order valence-corrected chi connectivity index (χ3v) is 5.44. The maximum Gasteiger partial charge on any atom is 0.417 e. The summed E-state index contributed by atoms with van der Waals surface area (Å²) in [6.45, 7) is 0.0993. The molecule has 142 valence electrons. The van der Waals surface area contributed by atoms with E-state index in [2.05, 4.69) is 9.71 Å². The van der Waals surface area contributed by atoms with E-state index in [1.54, 1.807) is 0 Å². The van der Waals surface area contributed by atoms with Crippen LogP contribution in [0.2, 0.25) is 0 Å². The molecule has 0 aliphatic carbocycles. The quantitative estimate of drug-likeness (QED) is 0.696. The summed E-state index contributed by atoms with van der Waals surface area (Å²) in [5, 5.41) is -0.381. The lowest BCUT2D eigenvalue weighted by atomic mass is 10.1. The Balaban J connectivity index is 1.91. The Labute approximate surface area is 152 Å². The highest BCUT2D eigenvalue weighted by Gasteiger charge is 2.33. The van der Waals surface area contributed by atoms with Gasteiger partial charge in [0.15, 0.2) is 0 Å². The highest BCUT2D eigenvalue weighted by atomic mass is 32.2. The lowest BCUT2D eigenvalue weighted by molar-refractivity contribution is -0.136. The van der Waals surface area contributed by atoms with Gasteiger partial charge in [-0.05, 0) is 30.2 Å². The molecule has 3 rings (SSSR count). The zero-order chi connectivity index (χ0) is 19.7. The maximum absolute atomic E-state index is 13.2. The first-order valence-corrected chi connectivity index (χ1v) is 9.43. The lowest BCUT2D eigenvalue weighted by Crippen LogP contribution is -2.26. The van der Waals surface area contributed by atoms with Crippen molar-refractivity contribution in [1.29, 1.82) is 0 Å². The molecule has 0 spiro atoms. The van der Waals surface area contributed by atoms with Crippen LogP contribution in [0.3, 0.4) is 0 Å². The van der Waals surface area contributed by atoms with Gasteiger partial charge in [-0.3, -0.25) is 4.79 Å². The molecule has 0 radical (unpaired) electrons. The van der Waals surface area contributed by atoms with Crippen LogP contribution in [0.1, 0.15) is 11.1 Å². The lowest BCUT2D eigenvalue weighted by Gasteiger charge is -2.12. The topological polar surface area (TPSA) is 79.0 Å². The first-order chi connectivity index (χ1) is 12.7. The third kappa shape index (κ3) is 4.37. The third-order valence-electron chi connectivity index (χ3n) is 3.98. The molecule has 5 nitrogen and oxygen atoms in total. The average Bonchev–Trinajstić information content (AvgIpc) is 2.60. The van der Waals surface area contributed by atoms with Crippen molar-refractivity contribution in [3.8, 4) is 0 Å². The minimum Gasteiger partial charge on any atom is -0.322 e. The van der Waals surface area contributed by atoms with Crippen molar-refractivity contribution in [2.75, 3.05) is 6.54 Å². The van der Waals surface area contributed by atoms with E-state index in [4.69, 9.17) is 0 Å². The fourth-order valence-electron chi connectivity index (χ4n) is 2.69. The largest absolute Gasteiger partial charge is 0.417 e. The normalized spacial score (nSPS) is 12.4. The van der Waals surface area contributed by atoms with Gasteiger partial charge in [-0.2, -0.15) is 13.2 Å². The van der Waals surface area contributed by atoms with Crippen molar-refractivity contribution in [3.05, 3.63) is 76.1 Å². The molecule has 2 N–H and O–H groups in total. The Morgan fingerprint density at radius 2 is 1.70 bits per heavy atom. The Morgan fingerprint density at radius 3 is 2.37 bits per heavy atom. The van der Waals surface area contributed by atoms with E-state index >= 15 is 0 Å². The van der Waals surface area contributed by atoms with Gasteiger partial charge in [-0.1, -0.05) is 30.3 Å². The number of H-pyrrole nitrogens is 1. The smallest absolute Gasteiger partial charge is 0.322 e. The van der Waals surface area contributed by atoms with E-state index in [1.165, 1.54) is 0 Å². The van der Waals surface area contributed by atoms with Crippen LogP contribution in [0, 0.1) is 0 Å². The second-order valence-electron chi connectivity index (χ2n) is 5.89. The molecule has 3 aromatic rings. The average molecular weight is 396 g/mol. The van der Waals surface area contributed by atoms with E-state index in [0.29, 0.717) is 12.5 Å². The first-order valence-electron chi connectivity index (χ1n) is 7.95. The molecule has 0 atom stereocenters. The summed E-state index contributed by atoms with van der Waals surface area (Å²) in [6, 6.07) is 12.8. The van der Waals surface area contributed by atoms with Crippen LogP contribution in [0.4, 0.5) is 13.2 Å². The summed E-state index contributed by atoms with van der Waals surface area (Å²) in [7, 11) is -4.00. The summed E-state index contributed by atoms with van der Waals surface area (Å²) < 4.78 is 66.8. The van der Waals surface area contributed by atoms with Crippen molar-refractivity contribution in [1.82, 2.24) is 9.71 Å². The number of rotatable bonds is 5. The Morgan fingerprint density at radius 1 is 1.00 bits per heavy atom. The zero-order valence-corrected chi connectivity index (χ0v) is 14.7. The van der Waals surface area contributed by atoms with Gasteiger partial charge in [0.1, 0.15) is 0 Å². The van der Waals surface area contributed by atoms with Gasteiger partial charge in [0, 0.05) is 23.5 Å². The number of pyridine rings is 1. The van der Waals surface area contributed by atoms with Gasteiger partial charge in [0.25, 0.3) is 0 Å². The SMILES string of the molecule is O=c1cc(C(F)(F)F)c2cc(S(=O)(=O)NCCc3ccccc3)ccc2[nH]1. The molecule has 0 bridgehead atoms. The molecule has 0 saturated carbocycles. The molecule has 2 aromatic carbocycles. The van der Waals surface area contributed by atoms with E-state index < -0.39 is 27.3 Å². The van der Waals surface area contributed by atoms with Crippen LogP contribution in [0.5, 0.6) is 0 Å². The van der Waals surface area contributed by atoms with E-state index in [1.807, 2.05) is 30.3 Å². The van der Waals surface area contributed by atoms with E-state index in [9.17, 15) is 26.4 Å². The summed E-state index contributed by atoms with van der Waals surface area (Å²) >= 11 is 0. The molecular weight excluding hydrogens is 381 g/mol. The van der Waals surface area contributed by atoms with Crippen LogP contribution in [-0.4, -0.2) is 19.9 Å². The molecule has 0 aliphatic rings. The molecule has 9 heteroatoms. The fraction of sp³-hybridized carbons (Fsp3) is 0.167. The molecule has 0 saturated heterocycles. The number of benzene rings is 2. The first kappa shape index (κ1) is 19.1. The van der Waals surface area contributed by atoms with Crippen molar-refractivity contribution < 1.29 is 21.6 Å². The van der Waals surface area contributed by atoms with Crippen LogP contribution in [0.25, 0.3) is 10.9 Å². The Hall–Kier alpha value is -2.65. The van der Waals surface area contributed by atoms with Crippen LogP contribution >= 0.6 is 0 Å². The van der Waals surface area contributed by atoms with Gasteiger partial charge in [0.2, 0.25) is 15.6 Å². The number of alkyl halides is 3. The summed E-state index contributed by atoms with van der Waals surface area (Å²) in [5.41, 5.74) is -1.25. The number of hydrogen-bond donors (Lipinski definition) is 2. The van der Waals surface area contributed by atoms with E-state index in [-0.39, 0.29) is 22.3 Å². The predicted octanol–water partition coefficient (Wildman–Crippen LogP) is 3.07. The highest BCUT2D eigenvalue weighted by molar-refractivity contribution is 7.89. The molecule has 0 amide bonds. The van der Waals surface area contributed by atoms with Gasteiger partial charge in [0.05, 0.1) is 10.5 Å². The van der Waals surface area contributed by atoms with E-state index in [0.717, 1.165) is 23.8 Å². The number of halogens is 3. The highest BCUT2D eigenvalue weighted by Crippen LogP contribution is 2.34. The fourth-order valence-corrected chi connectivity index (χ4v) is 3.75. The molecule has 0 unspecified atom stereocenters. The number of aromatic amines is 1. The van der Waals surface area contributed by atoms with Crippen molar-refractivity contribution in [3.63, 3.8) is 0 Å². The summed E-state index contributed by atoms with van der Waals surface area (Å²) in [5.74, 6) is 0. The zero-order valence-electron chi connectivity index (χ0n) is 13.9. The minimum atomic E-state index is -4.78. The standard InChI is InChI=1S/C18H15F3N2O3S/c19-18(20,21)15-11-17(24)23-16-7-6-13(10-14(15)16)27(25,26)22-9-8-12-4-2-1-3-5-12/h1-7,10-11,22H,8-9H2,(H,23,24).